The number of ether oxygens (including phenoxy) is 1. The number of nitrogens with zero attached hydrogens (tertiary/aromatic N) is 3. The van der Waals surface area contributed by atoms with Crippen LogP contribution in [0.3, 0.4) is 0 Å². The molecule has 28 heavy (non-hydrogen) atoms. The second-order valence-electron chi connectivity index (χ2n) is 6.35. The van der Waals surface area contributed by atoms with Crippen molar-refractivity contribution in [3.8, 4) is 5.75 Å². The molecule has 2 N–H and O–H groups in total. The van der Waals surface area contributed by atoms with Gasteiger partial charge in [-0.1, -0.05) is 12.1 Å². The molecule has 9 heteroatoms. The van der Waals surface area contributed by atoms with E-state index in [1.54, 1.807) is 7.11 Å². The number of aromatic nitrogens is 2. The second-order valence-corrected chi connectivity index (χ2v) is 6.35. The van der Waals surface area contributed by atoms with Gasteiger partial charge in [0.1, 0.15) is 5.75 Å². The molecular formula is C19H26F3N5O. The van der Waals surface area contributed by atoms with E-state index in [9.17, 15) is 13.2 Å². The molecule has 0 amide bonds. The van der Waals surface area contributed by atoms with Crippen molar-refractivity contribution in [1.82, 2.24) is 20.4 Å². The third-order valence-electron chi connectivity index (χ3n) is 4.10. The molecule has 1 heterocycles. The van der Waals surface area contributed by atoms with Crippen molar-refractivity contribution >= 4 is 5.96 Å². The van der Waals surface area contributed by atoms with E-state index in [2.05, 4.69) is 20.7 Å². The Balaban J connectivity index is 2.01. The number of aryl methyl sites for hydroxylation is 2. The van der Waals surface area contributed by atoms with Gasteiger partial charge in [0.25, 0.3) is 0 Å². The molecule has 0 spiro atoms. The van der Waals surface area contributed by atoms with E-state index in [0.29, 0.717) is 19.0 Å². The Morgan fingerprint density at radius 1 is 1.29 bits per heavy atom. The summed E-state index contributed by atoms with van der Waals surface area (Å²) in [6.07, 6.45) is -2.43. The Morgan fingerprint density at radius 2 is 2.04 bits per heavy atom. The van der Waals surface area contributed by atoms with Crippen LogP contribution in [0.1, 0.15) is 29.3 Å². The van der Waals surface area contributed by atoms with Crippen LogP contribution in [0.4, 0.5) is 13.2 Å². The summed E-state index contributed by atoms with van der Waals surface area (Å²) >= 11 is 0. The number of halogens is 3. The van der Waals surface area contributed by atoms with Gasteiger partial charge in [0.15, 0.2) is 11.7 Å². The maximum absolute atomic E-state index is 13.0. The molecule has 1 aromatic carbocycles. The van der Waals surface area contributed by atoms with E-state index in [4.69, 9.17) is 4.74 Å². The Bertz CT molecular complexity index is 814. The molecular weight excluding hydrogens is 371 g/mol. The van der Waals surface area contributed by atoms with Gasteiger partial charge < -0.3 is 15.4 Å². The monoisotopic (exact) mass is 397 g/mol. The molecule has 6 nitrogen and oxygen atoms in total. The average Bonchev–Trinajstić information content (AvgIpc) is 3.02. The molecule has 0 saturated heterocycles. The first-order valence-electron chi connectivity index (χ1n) is 9.00. The summed E-state index contributed by atoms with van der Waals surface area (Å²) in [6, 6.07) is 6.00. The van der Waals surface area contributed by atoms with E-state index in [-0.39, 0.29) is 12.1 Å². The molecule has 1 aromatic heterocycles. The number of alkyl halides is 3. The minimum absolute atomic E-state index is 0.0375. The topological polar surface area (TPSA) is 63.5 Å². The molecule has 0 radical (unpaired) electrons. The Kier molecular flexibility index (Phi) is 7.31. The SMILES string of the molecule is CCNC(=NCc1cn(C)nc1C(F)(F)F)NCCc1ccc(C)c(OC)c1. The van der Waals surface area contributed by atoms with Crippen molar-refractivity contribution in [2.45, 2.75) is 33.0 Å². The van der Waals surface area contributed by atoms with Crippen molar-refractivity contribution < 1.29 is 17.9 Å². The summed E-state index contributed by atoms with van der Waals surface area (Å²) in [5.74, 6) is 1.29. The van der Waals surface area contributed by atoms with Crippen molar-refractivity contribution in [3.63, 3.8) is 0 Å². The molecule has 0 aliphatic rings. The Hall–Kier alpha value is -2.71. The lowest BCUT2D eigenvalue weighted by atomic mass is 10.1. The van der Waals surface area contributed by atoms with Gasteiger partial charge in [0.05, 0.1) is 13.7 Å². The molecule has 0 saturated carbocycles. The van der Waals surface area contributed by atoms with Crippen LogP contribution in [0.25, 0.3) is 0 Å². The highest BCUT2D eigenvalue weighted by Crippen LogP contribution is 2.30. The third kappa shape index (κ3) is 5.90. The van der Waals surface area contributed by atoms with Crippen molar-refractivity contribution in [3.05, 3.63) is 46.8 Å². The number of guanidine groups is 1. The molecule has 2 aromatic rings. The van der Waals surface area contributed by atoms with E-state index in [1.807, 2.05) is 32.0 Å². The minimum Gasteiger partial charge on any atom is -0.496 e. The number of benzene rings is 1. The van der Waals surface area contributed by atoms with Crippen molar-refractivity contribution in [1.29, 1.82) is 0 Å². The van der Waals surface area contributed by atoms with Crippen LogP contribution < -0.4 is 15.4 Å². The van der Waals surface area contributed by atoms with Crippen LogP contribution in [0.2, 0.25) is 0 Å². The number of methoxy groups -OCH3 is 1. The quantitative estimate of drug-likeness (QED) is 0.557. The van der Waals surface area contributed by atoms with Crippen LogP contribution in [0.5, 0.6) is 5.75 Å². The van der Waals surface area contributed by atoms with Crippen molar-refractivity contribution in [2.75, 3.05) is 20.2 Å². The van der Waals surface area contributed by atoms with Crippen LogP contribution in [-0.2, 0) is 26.2 Å². The van der Waals surface area contributed by atoms with E-state index >= 15 is 0 Å². The molecule has 0 fully saturated rings. The lowest BCUT2D eigenvalue weighted by molar-refractivity contribution is -0.142. The van der Waals surface area contributed by atoms with Crippen LogP contribution >= 0.6 is 0 Å². The molecule has 0 aliphatic carbocycles. The van der Waals surface area contributed by atoms with Gasteiger partial charge in [-0.25, -0.2) is 4.99 Å². The molecule has 0 atom stereocenters. The largest absolute Gasteiger partial charge is 0.496 e. The van der Waals surface area contributed by atoms with Gasteiger partial charge in [-0.2, -0.15) is 18.3 Å². The Labute approximate surface area is 162 Å². The number of hydrogen-bond donors (Lipinski definition) is 2. The van der Waals surface area contributed by atoms with Crippen LogP contribution in [0.15, 0.2) is 29.4 Å². The Morgan fingerprint density at radius 3 is 2.68 bits per heavy atom. The fraction of sp³-hybridized carbons (Fsp3) is 0.474. The van der Waals surface area contributed by atoms with Gasteiger partial charge in [-0.3, -0.25) is 4.68 Å². The molecule has 154 valence electrons. The van der Waals surface area contributed by atoms with Crippen LogP contribution in [-0.4, -0.2) is 35.9 Å². The summed E-state index contributed by atoms with van der Waals surface area (Å²) in [4.78, 5) is 4.27. The maximum atomic E-state index is 13.0. The molecule has 0 aliphatic heterocycles. The summed E-state index contributed by atoms with van der Waals surface area (Å²) in [5, 5.41) is 9.69. The predicted octanol–water partition coefficient (Wildman–Crippen LogP) is 3.05. The van der Waals surface area contributed by atoms with Gasteiger partial charge in [0, 0.05) is 31.9 Å². The smallest absolute Gasteiger partial charge is 0.435 e. The first-order valence-corrected chi connectivity index (χ1v) is 9.00. The molecule has 2 rings (SSSR count). The number of hydrogen-bond acceptors (Lipinski definition) is 3. The van der Waals surface area contributed by atoms with Gasteiger partial charge in [-0.05, 0) is 37.5 Å². The highest BCUT2D eigenvalue weighted by Gasteiger charge is 2.36. The summed E-state index contributed by atoms with van der Waals surface area (Å²) < 4.78 is 45.6. The zero-order valence-electron chi connectivity index (χ0n) is 16.5. The lowest BCUT2D eigenvalue weighted by Gasteiger charge is -2.12. The zero-order valence-corrected chi connectivity index (χ0v) is 16.5. The lowest BCUT2D eigenvalue weighted by Crippen LogP contribution is -2.38. The summed E-state index contributed by atoms with van der Waals surface area (Å²) in [6.45, 7) is 4.94. The van der Waals surface area contributed by atoms with Gasteiger partial charge in [-0.15, -0.1) is 0 Å². The predicted molar refractivity (Wildman–Crippen MR) is 102 cm³/mol. The van der Waals surface area contributed by atoms with E-state index in [1.165, 1.54) is 13.2 Å². The zero-order chi connectivity index (χ0) is 20.7. The van der Waals surface area contributed by atoms with Gasteiger partial charge >= 0.3 is 6.18 Å². The third-order valence-corrected chi connectivity index (χ3v) is 4.10. The first-order chi connectivity index (χ1) is 13.2. The minimum atomic E-state index is -4.50. The first kappa shape index (κ1) is 21.6. The fourth-order valence-corrected chi connectivity index (χ4v) is 2.74. The second kappa shape index (κ2) is 9.48. The summed E-state index contributed by atoms with van der Waals surface area (Å²) in [5.41, 5.74) is 1.29. The average molecular weight is 397 g/mol. The van der Waals surface area contributed by atoms with E-state index in [0.717, 1.165) is 28.0 Å². The molecule has 0 bridgehead atoms. The molecule has 0 unspecified atom stereocenters. The standard InChI is InChI=1S/C19H26F3N5O/c1-5-23-18(24-9-8-14-7-6-13(2)16(10-14)28-4)25-11-15-12-27(3)26-17(15)19(20,21)22/h6-7,10,12H,5,8-9,11H2,1-4H3,(H2,23,24,25). The van der Waals surface area contributed by atoms with E-state index < -0.39 is 11.9 Å². The normalized spacial score (nSPS) is 12.2. The number of nitrogens with one attached hydrogen (secondary N) is 2. The van der Waals surface area contributed by atoms with Gasteiger partial charge in [0.2, 0.25) is 0 Å². The number of aliphatic imine (C=N–C) groups is 1. The number of rotatable bonds is 7. The van der Waals surface area contributed by atoms with Crippen molar-refractivity contribution in [2.24, 2.45) is 12.0 Å². The fourth-order valence-electron chi connectivity index (χ4n) is 2.74. The highest BCUT2D eigenvalue weighted by atomic mass is 19.4. The van der Waals surface area contributed by atoms with Crippen LogP contribution in [0, 0.1) is 6.92 Å². The highest BCUT2D eigenvalue weighted by molar-refractivity contribution is 5.79. The summed E-state index contributed by atoms with van der Waals surface area (Å²) in [7, 11) is 3.09. The maximum Gasteiger partial charge on any atom is 0.435 e.